The molecule has 0 aromatic heterocycles. The van der Waals surface area contributed by atoms with Gasteiger partial charge in [-0.05, 0) is 29.2 Å². The van der Waals surface area contributed by atoms with E-state index in [1.807, 2.05) is 48.5 Å². The molecule has 5 heteroatoms. The Morgan fingerprint density at radius 1 is 1.17 bits per heavy atom. The average Bonchev–Trinajstić information content (AvgIpc) is 2.47. The van der Waals surface area contributed by atoms with Gasteiger partial charge in [0.15, 0.2) is 5.12 Å². The number of carboxylic acid groups (broad SMARTS) is 1. The largest absolute Gasteiger partial charge is 0.481 e. The number of hydrogen-bond donors (Lipinski definition) is 1. The number of carbonyl (C=O) groups excluding carboxylic acids is 1. The van der Waals surface area contributed by atoms with Crippen molar-refractivity contribution in [2.45, 2.75) is 30.0 Å². The molecule has 3 nitrogen and oxygen atoms in total. The summed E-state index contributed by atoms with van der Waals surface area (Å²) in [7, 11) is 0. The average molecular weight is 349 g/mol. The Hall–Kier alpha value is -1.78. The molecule has 0 amide bonds. The second-order valence-electron chi connectivity index (χ2n) is 5.19. The molecule has 0 aliphatic rings. The Labute approximate surface area is 144 Å². The second kappa shape index (κ2) is 8.18. The summed E-state index contributed by atoms with van der Waals surface area (Å²) in [6.07, 6.45) is 0.367. The van der Waals surface area contributed by atoms with Gasteiger partial charge in [0.25, 0.3) is 0 Å². The van der Waals surface area contributed by atoms with Gasteiger partial charge in [0.2, 0.25) is 0 Å². The van der Waals surface area contributed by atoms with Gasteiger partial charge in [-0.15, -0.1) is 11.6 Å². The van der Waals surface area contributed by atoms with E-state index in [1.165, 1.54) is 18.7 Å². The van der Waals surface area contributed by atoms with E-state index < -0.39 is 11.3 Å². The van der Waals surface area contributed by atoms with Gasteiger partial charge < -0.3 is 5.11 Å². The summed E-state index contributed by atoms with van der Waals surface area (Å²) < 4.78 is 0. The predicted octanol–water partition coefficient (Wildman–Crippen LogP) is 4.62. The van der Waals surface area contributed by atoms with Crippen molar-refractivity contribution in [3.63, 3.8) is 0 Å². The molecular formula is C18H17ClO3S. The molecule has 1 N–H and O–H groups in total. The predicted molar refractivity (Wildman–Crippen MR) is 94.0 cm³/mol. The van der Waals surface area contributed by atoms with E-state index in [9.17, 15) is 9.59 Å². The third kappa shape index (κ3) is 5.41. The molecule has 0 aliphatic heterocycles. The SMILES string of the molecule is CC(=O)Sc1cc(CC(Cl)CC(=O)O)ccc1-c1ccccc1. The van der Waals surface area contributed by atoms with Gasteiger partial charge in [-0.25, -0.2) is 0 Å². The second-order valence-corrected chi connectivity index (χ2v) is 7.03. The molecule has 2 aromatic rings. The van der Waals surface area contributed by atoms with Crippen LogP contribution in [0.3, 0.4) is 0 Å². The minimum absolute atomic E-state index is 0.00675. The monoisotopic (exact) mass is 348 g/mol. The molecule has 0 aliphatic carbocycles. The Kier molecular flexibility index (Phi) is 6.25. The minimum Gasteiger partial charge on any atom is -0.481 e. The van der Waals surface area contributed by atoms with Crippen molar-refractivity contribution in [1.29, 1.82) is 0 Å². The highest BCUT2D eigenvalue weighted by atomic mass is 35.5. The molecule has 0 spiro atoms. The van der Waals surface area contributed by atoms with Crippen molar-refractivity contribution >= 4 is 34.4 Å². The molecule has 0 radical (unpaired) electrons. The van der Waals surface area contributed by atoms with Crippen LogP contribution in [0.5, 0.6) is 0 Å². The van der Waals surface area contributed by atoms with Crippen LogP contribution in [0, 0.1) is 0 Å². The lowest BCUT2D eigenvalue weighted by atomic mass is 10.0. The van der Waals surface area contributed by atoms with Gasteiger partial charge in [0, 0.05) is 17.2 Å². The molecule has 0 fully saturated rings. The number of carboxylic acids is 1. The zero-order valence-corrected chi connectivity index (χ0v) is 14.2. The normalized spacial score (nSPS) is 11.9. The molecule has 0 saturated heterocycles. The number of alkyl halides is 1. The molecular weight excluding hydrogens is 332 g/mol. The number of aliphatic carboxylic acids is 1. The third-order valence-electron chi connectivity index (χ3n) is 3.24. The quantitative estimate of drug-likeness (QED) is 0.611. The van der Waals surface area contributed by atoms with E-state index in [2.05, 4.69) is 0 Å². The van der Waals surface area contributed by atoms with Crippen LogP contribution in [0.4, 0.5) is 0 Å². The molecule has 2 aromatic carbocycles. The van der Waals surface area contributed by atoms with Crippen LogP contribution in [-0.4, -0.2) is 21.6 Å². The van der Waals surface area contributed by atoms with Gasteiger partial charge >= 0.3 is 5.97 Å². The van der Waals surface area contributed by atoms with Crippen molar-refractivity contribution in [2.75, 3.05) is 0 Å². The van der Waals surface area contributed by atoms with Crippen LogP contribution in [0.2, 0.25) is 0 Å². The highest BCUT2D eigenvalue weighted by Crippen LogP contribution is 2.33. The zero-order valence-electron chi connectivity index (χ0n) is 12.7. The van der Waals surface area contributed by atoms with E-state index in [4.69, 9.17) is 16.7 Å². The minimum atomic E-state index is -0.913. The molecule has 0 saturated carbocycles. The number of carbonyl (C=O) groups is 2. The zero-order chi connectivity index (χ0) is 16.8. The number of benzene rings is 2. The van der Waals surface area contributed by atoms with Crippen molar-refractivity contribution in [1.82, 2.24) is 0 Å². The number of hydrogen-bond acceptors (Lipinski definition) is 3. The van der Waals surface area contributed by atoms with Crippen molar-refractivity contribution in [3.05, 3.63) is 54.1 Å². The van der Waals surface area contributed by atoms with Crippen LogP contribution in [0.25, 0.3) is 11.1 Å². The van der Waals surface area contributed by atoms with E-state index >= 15 is 0 Å². The Balaban J connectivity index is 2.31. The van der Waals surface area contributed by atoms with E-state index in [0.29, 0.717) is 6.42 Å². The third-order valence-corrected chi connectivity index (χ3v) is 4.39. The molecule has 1 unspecified atom stereocenters. The first kappa shape index (κ1) is 17.6. The highest BCUT2D eigenvalue weighted by Gasteiger charge is 2.14. The van der Waals surface area contributed by atoms with Gasteiger partial charge in [-0.2, -0.15) is 0 Å². The number of halogens is 1. The Morgan fingerprint density at radius 3 is 2.48 bits per heavy atom. The maximum Gasteiger partial charge on any atom is 0.304 e. The van der Waals surface area contributed by atoms with Crippen LogP contribution < -0.4 is 0 Å². The maximum atomic E-state index is 11.5. The summed E-state index contributed by atoms with van der Waals surface area (Å²) >= 11 is 7.25. The lowest BCUT2D eigenvalue weighted by Gasteiger charge is -2.12. The maximum absolute atomic E-state index is 11.5. The van der Waals surface area contributed by atoms with Crippen molar-refractivity contribution in [3.8, 4) is 11.1 Å². The van der Waals surface area contributed by atoms with E-state index in [-0.39, 0.29) is 11.5 Å². The lowest BCUT2D eigenvalue weighted by Crippen LogP contribution is -2.10. The first-order chi connectivity index (χ1) is 11.0. The van der Waals surface area contributed by atoms with Gasteiger partial charge in [-0.1, -0.05) is 54.2 Å². The van der Waals surface area contributed by atoms with Gasteiger partial charge in [0.05, 0.1) is 6.42 Å². The summed E-state index contributed by atoms with van der Waals surface area (Å²) in [5.41, 5.74) is 2.95. The van der Waals surface area contributed by atoms with Crippen LogP contribution in [-0.2, 0) is 16.0 Å². The summed E-state index contributed by atoms with van der Waals surface area (Å²) in [5.74, 6) is -0.913. The first-order valence-electron chi connectivity index (χ1n) is 7.18. The Morgan fingerprint density at radius 2 is 1.87 bits per heavy atom. The van der Waals surface area contributed by atoms with Gasteiger partial charge in [0.1, 0.15) is 0 Å². The molecule has 1 atom stereocenters. The highest BCUT2D eigenvalue weighted by molar-refractivity contribution is 8.13. The molecule has 23 heavy (non-hydrogen) atoms. The van der Waals surface area contributed by atoms with Crippen LogP contribution in [0.1, 0.15) is 18.9 Å². The van der Waals surface area contributed by atoms with Crippen molar-refractivity contribution in [2.24, 2.45) is 0 Å². The van der Waals surface area contributed by atoms with Crippen LogP contribution >= 0.6 is 23.4 Å². The van der Waals surface area contributed by atoms with E-state index in [0.717, 1.165) is 21.6 Å². The van der Waals surface area contributed by atoms with Gasteiger partial charge in [-0.3, -0.25) is 9.59 Å². The smallest absolute Gasteiger partial charge is 0.304 e. The summed E-state index contributed by atoms with van der Waals surface area (Å²) in [6, 6.07) is 15.7. The topological polar surface area (TPSA) is 54.4 Å². The lowest BCUT2D eigenvalue weighted by molar-refractivity contribution is -0.137. The van der Waals surface area contributed by atoms with Crippen LogP contribution in [0.15, 0.2) is 53.4 Å². The number of thioether (sulfide) groups is 1. The standard InChI is InChI=1S/C18H17ClO3S/c1-12(20)23-17-10-13(9-15(19)11-18(21)22)7-8-16(17)14-5-3-2-4-6-14/h2-8,10,15H,9,11H2,1H3,(H,21,22). The first-order valence-corrected chi connectivity index (χ1v) is 8.43. The molecule has 2 rings (SSSR count). The molecule has 120 valence electrons. The fourth-order valence-corrected chi connectivity index (χ4v) is 3.43. The van der Waals surface area contributed by atoms with Crippen molar-refractivity contribution < 1.29 is 14.7 Å². The fraction of sp³-hybridized carbons (Fsp3) is 0.222. The Bertz CT molecular complexity index is 701. The number of rotatable bonds is 6. The fourth-order valence-electron chi connectivity index (χ4n) is 2.31. The molecule has 0 heterocycles. The summed E-state index contributed by atoms with van der Waals surface area (Å²) in [6.45, 7) is 1.53. The molecule has 0 bridgehead atoms. The summed E-state index contributed by atoms with van der Waals surface area (Å²) in [5, 5.41) is 8.33. The van der Waals surface area contributed by atoms with E-state index in [1.54, 1.807) is 0 Å². The summed E-state index contributed by atoms with van der Waals surface area (Å²) in [4.78, 5) is 23.1.